The molecule has 3 aromatic rings. The third kappa shape index (κ3) is 3.07. The number of carbonyl (C=O) groups is 1. The average Bonchev–Trinajstić information content (AvgIpc) is 2.98. The lowest BCUT2D eigenvalue weighted by molar-refractivity contribution is 0.0998. The number of hydrogen-bond acceptors (Lipinski definition) is 3. The van der Waals surface area contributed by atoms with Crippen LogP contribution in [0.4, 0.5) is 0 Å². The fourth-order valence-electron chi connectivity index (χ4n) is 3.57. The number of aromatic nitrogens is 1. The first-order valence-electron chi connectivity index (χ1n) is 9.09. The van der Waals surface area contributed by atoms with Crippen LogP contribution in [0.3, 0.4) is 0 Å². The number of benzene rings is 2. The zero-order chi connectivity index (χ0) is 18.1. The first-order valence-corrected chi connectivity index (χ1v) is 9.91. The van der Waals surface area contributed by atoms with Gasteiger partial charge in [0.15, 0.2) is 4.80 Å². The lowest BCUT2D eigenvalue weighted by Crippen LogP contribution is -2.14. The molecule has 0 bridgehead atoms. The SMILES string of the molecule is CCOc1cccc2sc(=NC(=O)c3ccc4c(c3)CCCC4)n(C)c12. The van der Waals surface area contributed by atoms with Crippen molar-refractivity contribution in [3.05, 3.63) is 57.9 Å². The van der Waals surface area contributed by atoms with Gasteiger partial charge in [0.05, 0.1) is 11.3 Å². The fourth-order valence-corrected chi connectivity index (χ4v) is 4.60. The number of thiazole rings is 1. The topological polar surface area (TPSA) is 43.6 Å². The van der Waals surface area contributed by atoms with Gasteiger partial charge in [-0.2, -0.15) is 4.99 Å². The Kier molecular flexibility index (Phi) is 4.64. The molecule has 5 heteroatoms. The lowest BCUT2D eigenvalue weighted by Gasteiger charge is -2.15. The Labute approximate surface area is 156 Å². The van der Waals surface area contributed by atoms with E-state index in [2.05, 4.69) is 11.1 Å². The van der Waals surface area contributed by atoms with Crippen molar-refractivity contribution in [3.63, 3.8) is 0 Å². The number of fused-ring (bicyclic) bond motifs is 2. The summed E-state index contributed by atoms with van der Waals surface area (Å²) in [5.41, 5.74) is 4.34. The molecule has 0 unspecified atom stereocenters. The van der Waals surface area contributed by atoms with Gasteiger partial charge in [-0.3, -0.25) is 4.79 Å². The summed E-state index contributed by atoms with van der Waals surface area (Å²) in [5.74, 6) is 0.643. The van der Waals surface area contributed by atoms with Crippen LogP contribution in [0.2, 0.25) is 0 Å². The van der Waals surface area contributed by atoms with Crippen molar-refractivity contribution in [1.29, 1.82) is 0 Å². The third-order valence-electron chi connectivity index (χ3n) is 4.88. The van der Waals surface area contributed by atoms with Crippen molar-refractivity contribution < 1.29 is 9.53 Å². The zero-order valence-electron chi connectivity index (χ0n) is 15.1. The summed E-state index contributed by atoms with van der Waals surface area (Å²) in [4.78, 5) is 17.8. The molecule has 0 saturated heterocycles. The monoisotopic (exact) mass is 366 g/mol. The lowest BCUT2D eigenvalue weighted by atomic mass is 9.90. The summed E-state index contributed by atoms with van der Waals surface area (Å²) in [6, 6.07) is 12.0. The number of rotatable bonds is 3. The smallest absolute Gasteiger partial charge is 0.279 e. The van der Waals surface area contributed by atoms with E-state index in [1.807, 2.05) is 48.9 Å². The molecule has 1 aliphatic carbocycles. The summed E-state index contributed by atoms with van der Waals surface area (Å²) in [6.45, 7) is 2.57. The molecular weight excluding hydrogens is 344 g/mol. The van der Waals surface area contributed by atoms with Gasteiger partial charge in [0.1, 0.15) is 11.3 Å². The average molecular weight is 366 g/mol. The molecule has 0 saturated carbocycles. The van der Waals surface area contributed by atoms with Crippen LogP contribution in [0, 0.1) is 0 Å². The highest BCUT2D eigenvalue weighted by Gasteiger charge is 2.14. The molecular formula is C21H22N2O2S. The Hall–Kier alpha value is -2.40. The quantitative estimate of drug-likeness (QED) is 0.695. The number of ether oxygens (including phenoxy) is 1. The second kappa shape index (κ2) is 7.08. The molecule has 26 heavy (non-hydrogen) atoms. The van der Waals surface area contributed by atoms with Gasteiger partial charge >= 0.3 is 0 Å². The number of aryl methyl sites for hydroxylation is 3. The summed E-state index contributed by atoms with van der Waals surface area (Å²) < 4.78 is 8.74. The molecule has 134 valence electrons. The Morgan fingerprint density at radius 3 is 2.81 bits per heavy atom. The third-order valence-corrected chi connectivity index (χ3v) is 5.98. The molecule has 0 spiro atoms. The molecule has 0 N–H and O–H groups in total. The Bertz CT molecular complexity index is 1050. The van der Waals surface area contributed by atoms with E-state index < -0.39 is 0 Å². The van der Waals surface area contributed by atoms with E-state index in [-0.39, 0.29) is 5.91 Å². The van der Waals surface area contributed by atoms with Crippen LogP contribution in [-0.2, 0) is 19.9 Å². The molecule has 1 heterocycles. The van der Waals surface area contributed by atoms with Gasteiger partial charge in [0, 0.05) is 12.6 Å². The number of para-hydroxylation sites is 1. The van der Waals surface area contributed by atoms with Gasteiger partial charge in [0.25, 0.3) is 5.91 Å². The van der Waals surface area contributed by atoms with Crippen molar-refractivity contribution in [1.82, 2.24) is 4.57 Å². The van der Waals surface area contributed by atoms with Crippen molar-refractivity contribution in [2.75, 3.05) is 6.61 Å². The molecule has 0 aliphatic heterocycles. The molecule has 1 amide bonds. The van der Waals surface area contributed by atoms with Crippen LogP contribution < -0.4 is 9.54 Å². The van der Waals surface area contributed by atoms with E-state index in [4.69, 9.17) is 4.74 Å². The van der Waals surface area contributed by atoms with E-state index in [1.54, 1.807) is 0 Å². The standard InChI is InChI=1S/C21H22N2O2S/c1-3-25-17-9-6-10-18-19(17)23(2)21(26-18)22-20(24)16-12-11-14-7-4-5-8-15(14)13-16/h6,9-13H,3-5,7-8H2,1-2H3. The minimum absolute atomic E-state index is 0.182. The van der Waals surface area contributed by atoms with E-state index in [9.17, 15) is 4.79 Å². The first kappa shape index (κ1) is 17.0. The summed E-state index contributed by atoms with van der Waals surface area (Å²) >= 11 is 1.51. The minimum Gasteiger partial charge on any atom is -0.492 e. The van der Waals surface area contributed by atoms with Crippen molar-refractivity contribution in [2.24, 2.45) is 12.0 Å². The highest BCUT2D eigenvalue weighted by Crippen LogP contribution is 2.27. The summed E-state index contributed by atoms with van der Waals surface area (Å²) in [7, 11) is 1.93. The summed E-state index contributed by atoms with van der Waals surface area (Å²) in [6.07, 6.45) is 4.62. The van der Waals surface area contributed by atoms with E-state index >= 15 is 0 Å². The molecule has 0 atom stereocenters. The van der Waals surface area contributed by atoms with E-state index in [1.165, 1.54) is 35.3 Å². The highest BCUT2D eigenvalue weighted by molar-refractivity contribution is 7.16. The van der Waals surface area contributed by atoms with Crippen LogP contribution >= 0.6 is 11.3 Å². The van der Waals surface area contributed by atoms with Crippen LogP contribution in [0.1, 0.15) is 41.3 Å². The van der Waals surface area contributed by atoms with Crippen molar-refractivity contribution >= 4 is 27.5 Å². The Morgan fingerprint density at radius 2 is 2.00 bits per heavy atom. The van der Waals surface area contributed by atoms with Gasteiger partial charge in [-0.25, -0.2) is 0 Å². The molecule has 0 radical (unpaired) electrons. The predicted octanol–water partition coefficient (Wildman–Crippen LogP) is 4.26. The van der Waals surface area contributed by atoms with Crippen LogP contribution in [-0.4, -0.2) is 17.1 Å². The highest BCUT2D eigenvalue weighted by atomic mass is 32.1. The maximum Gasteiger partial charge on any atom is 0.279 e. The second-order valence-corrected chi connectivity index (χ2v) is 7.60. The van der Waals surface area contributed by atoms with Gasteiger partial charge in [-0.1, -0.05) is 23.5 Å². The van der Waals surface area contributed by atoms with Crippen LogP contribution in [0.5, 0.6) is 5.75 Å². The molecule has 1 aromatic heterocycles. The predicted molar refractivity (Wildman–Crippen MR) is 105 cm³/mol. The van der Waals surface area contributed by atoms with E-state index in [0.29, 0.717) is 17.0 Å². The minimum atomic E-state index is -0.182. The number of amides is 1. The Balaban J connectivity index is 1.75. The van der Waals surface area contributed by atoms with Gasteiger partial charge in [-0.05, 0) is 68.0 Å². The molecule has 2 aromatic carbocycles. The number of hydrogen-bond donors (Lipinski definition) is 0. The van der Waals surface area contributed by atoms with Crippen LogP contribution in [0.25, 0.3) is 10.2 Å². The zero-order valence-corrected chi connectivity index (χ0v) is 15.9. The normalized spacial score (nSPS) is 14.5. The first-order chi connectivity index (χ1) is 12.7. The van der Waals surface area contributed by atoms with Gasteiger partial charge < -0.3 is 9.30 Å². The number of nitrogens with zero attached hydrogens (tertiary/aromatic N) is 2. The molecule has 1 aliphatic rings. The van der Waals surface area contributed by atoms with E-state index in [0.717, 1.165) is 28.8 Å². The maximum atomic E-state index is 12.7. The van der Waals surface area contributed by atoms with Crippen molar-refractivity contribution in [2.45, 2.75) is 32.6 Å². The molecule has 4 nitrogen and oxygen atoms in total. The van der Waals surface area contributed by atoms with Gasteiger partial charge in [0.2, 0.25) is 0 Å². The molecule has 4 rings (SSSR count). The Morgan fingerprint density at radius 1 is 1.19 bits per heavy atom. The summed E-state index contributed by atoms with van der Waals surface area (Å²) in [5, 5.41) is 0. The fraction of sp³-hybridized carbons (Fsp3) is 0.333. The largest absolute Gasteiger partial charge is 0.492 e. The number of carbonyl (C=O) groups excluding carboxylic acids is 1. The second-order valence-electron chi connectivity index (χ2n) is 6.59. The maximum absolute atomic E-state index is 12.7. The van der Waals surface area contributed by atoms with Crippen LogP contribution in [0.15, 0.2) is 41.4 Å². The van der Waals surface area contributed by atoms with Gasteiger partial charge in [-0.15, -0.1) is 0 Å². The van der Waals surface area contributed by atoms with Crippen molar-refractivity contribution in [3.8, 4) is 5.75 Å². The molecule has 0 fully saturated rings.